The molecule has 0 saturated carbocycles. The Morgan fingerprint density at radius 3 is 2.91 bits per heavy atom. The number of primary amides is 1. The van der Waals surface area contributed by atoms with Crippen LogP contribution in [0.2, 0.25) is 0 Å². The highest BCUT2D eigenvalue weighted by molar-refractivity contribution is 5.96. The van der Waals surface area contributed by atoms with Crippen LogP contribution in [0.4, 0.5) is 4.39 Å². The summed E-state index contributed by atoms with van der Waals surface area (Å²) in [5.41, 5.74) is 4.27. The van der Waals surface area contributed by atoms with Gasteiger partial charge in [0.05, 0.1) is 6.54 Å². The number of nitrogens with zero attached hydrogens (tertiary/aromatic N) is 1. The predicted octanol–water partition coefficient (Wildman–Crippen LogP) is -0.830. The summed E-state index contributed by atoms with van der Waals surface area (Å²) in [6.07, 6.45) is 0. The molecule has 0 aromatic heterocycles. The molecule has 6 heteroatoms. The Kier molecular flexibility index (Phi) is 1.75. The number of amides is 1. The van der Waals surface area contributed by atoms with Crippen LogP contribution >= 0.6 is 0 Å². The molecule has 1 rings (SSSR count). The molecule has 0 bridgehead atoms. The van der Waals surface area contributed by atoms with Gasteiger partial charge in [0.1, 0.15) is 0 Å². The first-order valence-corrected chi connectivity index (χ1v) is 2.81. The molecule has 0 saturated heterocycles. The summed E-state index contributed by atoms with van der Waals surface area (Å²) in [5, 5.41) is 11.0. The zero-order valence-corrected chi connectivity index (χ0v) is 5.47. The van der Waals surface area contributed by atoms with Gasteiger partial charge in [-0.3, -0.25) is 4.79 Å². The Bertz CT molecular complexity index is 258. The van der Waals surface area contributed by atoms with E-state index < -0.39 is 23.5 Å². The third-order valence-corrected chi connectivity index (χ3v) is 1.09. The van der Waals surface area contributed by atoms with Crippen LogP contribution in [-0.4, -0.2) is 23.5 Å². The van der Waals surface area contributed by atoms with E-state index in [4.69, 9.17) is 10.8 Å². The molecule has 0 spiro atoms. The van der Waals surface area contributed by atoms with Crippen molar-refractivity contribution in [1.29, 1.82) is 0 Å². The molecule has 0 unspecified atom stereocenters. The van der Waals surface area contributed by atoms with Gasteiger partial charge in [-0.05, 0) is 0 Å². The number of hydrogen-bond acceptors (Lipinski definition) is 4. The summed E-state index contributed by atoms with van der Waals surface area (Å²) in [7, 11) is 0. The van der Waals surface area contributed by atoms with E-state index in [1.54, 1.807) is 0 Å². The first-order valence-electron chi connectivity index (χ1n) is 2.81. The van der Waals surface area contributed by atoms with E-state index in [-0.39, 0.29) is 6.54 Å². The van der Waals surface area contributed by atoms with Gasteiger partial charge in [0.15, 0.2) is 5.70 Å². The van der Waals surface area contributed by atoms with Crippen LogP contribution in [0.3, 0.4) is 0 Å². The highest BCUT2D eigenvalue weighted by atomic mass is 19.1. The molecule has 11 heavy (non-hydrogen) atoms. The van der Waals surface area contributed by atoms with Crippen LogP contribution < -0.4 is 11.1 Å². The van der Waals surface area contributed by atoms with Gasteiger partial charge < -0.3 is 16.2 Å². The topological polar surface area (TPSA) is 87.7 Å². The quantitative estimate of drug-likeness (QED) is 0.466. The number of nitrogens with two attached hydrogens (primary N) is 1. The largest absolute Gasteiger partial charge is 0.493 e. The van der Waals surface area contributed by atoms with Crippen LogP contribution in [0.15, 0.2) is 16.6 Å². The van der Waals surface area contributed by atoms with E-state index in [1.165, 1.54) is 0 Å². The van der Waals surface area contributed by atoms with E-state index >= 15 is 0 Å². The Hall–Kier alpha value is -1.59. The fourth-order valence-electron chi connectivity index (χ4n) is 0.626. The van der Waals surface area contributed by atoms with Crippen molar-refractivity contribution in [2.75, 3.05) is 6.54 Å². The third kappa shape index (κ3) is 1.46. The van der Waals surface area contributed by atoms with E-state index in [0.717, 1.165) is 0 Å². The average Bonchev–Trinajstić information content (AvgIpc) is 1.94. The molecule has 0 fully saturated rings. The van der Waals surface area contributed by atoms with Crippen molar-refractivity contribution in [1.82, 2.24) is 5.32 Å². The van der Waals surface area contributed by atoms with Crippen LogP contribution in [0.25, 0.3) is 0 Å². The highest BCUT2D eigenvalue weighted by Crippen LogP contribution is 2.05. The van der Waals surface area contributed by atoms with Crippen molar-refractivity contribution in [3.05, 3.63) is 11.6 Å². The number of halogens is 1. The lowest BCUT2D eigenvalue weighted by molar-refractivity contribution is -0.114. The molecule has 4 N–H and O–H groups in total. The lowest BCUT2D eigenvalue weighted by Crippen LogP contribution is -2.29. The third-order valence-electron chi connectivity index (χ3n) is 1.09. The van der Waals surface area contributed by atoms with Crippen molar-refractivity contribution in [2.24, 2.45) is 10.7 Å². The van der Waals surface area contributed by atoms with Gasteiger partial charge in [0.2, 0.25) is 11.8 Å². The number of carbonyl (C=O) groups excluding carboxylic acids is 1. The van der Waals surface area contributed by atoms with Crippen molar-refractivity contribution in [3.8, 4) is 0 Å². The smallest absolute Gasteiger partial charge is 0.272 e. The average molecular weight is 159 g/mol. The normalized spacial score (nSPS) is 17.4. The molecule has 1 heterocycles. The number of hydrogen-bond donors (Lipinski definition) is 3. The molecular formula is C5H6FN3O2. The Morgan fingerprint density at radius 1 is 1.82 bits per heavy atom. The van der Waals surface area contributed by atoms with E-state index in [9.17, 15) is 9.18 Å². The molecule has 5 nitrogen and oxygen atoms in total. The van der Waals surface area contributed by atoms with Crippen LogP contribution in [0, 0.1) is 0 Å². The summed E-state index contributed by atoms with van der Waals surface area (Å²) in [6, 6.07) is 0. The molecule has 0 aromatic rings. The van der Waals surface area contributed by atoms with E-state index in [1.807, 2.05) is 0 Å². The van der Waals surface area contributed by atoms with Crippen molar-refractivity contribution < 1.29 is 14.3 Å². The molecular weight excluding hydrogens is 153 g/mol. The van der Waals surface area contributed by atoms with Gasteiger partial charge in [-0.25, -0.2) is 4.99 Å². The standard InChI is InChI=1S/C5H6FN3O2/c6-2-1-8-5(11)3(9-2)4(7)10/h8,11H,1H2,(H2,7,10). The van der Waals surface area contributed by atoms with Crippen molar-refractivity contribution in [3.63, 3.8) is 0 Å². The van der Waals surface area contributed by atoms with Crippen LogP contribution in [0.1, 0.15) is 0 Å². The van der Waals surface area contributed by atoms with Gasteiger partial charge in [-0.15, -0.1) is 0 Å². The Balaban J connectivity index is 2.98. The summed E-state index contributed by atoms with van der Waals surface area (Å²) in [4.78, 5) is 13.5. The maximum atomic E-state index is 12.3. The Morgan fingerprint density at radius 2 is 2.45 bits per heavy atom. The second kappa shape index (κ2) is 2.57. The van der Waals surface area contributed by atoms with Gasteiger partial charge in [-0.2, -0.15) is 4.39 Å². The van der Waals surface area contributed by atoms with E-state index in [0.29, 0.717) is 0 Å². The molecule has 0 radical (unpaired) electrons. The van der Waals surface area contributed by atoms with Gasteiger partial charge in [0.25, 0.3) is 5.91 Å². The lowest BCUT2D eigenvalue weighted by Gasteiger charge is -2.10. The number of aliphatic hydroxyl groups is 1. The van der Waals surface area contributed by atoms with Gasteiger partial charge in [0, 0.05) is 0 Å². The maximum absolute atomic E-state index is 12.3. The SMILES string of the molecule is NC(=O)C1=C(O)NCC(F)=N1. The molecule has 1 aliphatic rings. The summed E-state index contributed by atoms with van der Waals surface area (Å²) < 4.78 is 12.3. The summed E-state index contributed by atoms with van der Waals surface area (Å²) in [6.45, 7) is -0.220. The maximum Gasteiger partial charge on any atom is 0.272 e. The van der Waals surface area contributed by atoms with Crippen LogP contribution in [0.5, 0.6) is 0 Å². The van der Waals surface area contributed by atoms with Gasteiger partial charge >= 0.3 is 0 Å². The van der Waals surface area contributed by atoms with E-state index in [2.05, 4.69) is 10.3 Å². The zero-order valence-electron chi connectivity index (χ0n) is 5.47. The fraction of sp³-hybridized carbons (Fsp3) is 0.200. The van der Waals surface area contributed by atoms with Crippen LogP contribution in [-0.2, 0) is 4.79 Å². The second-order valence-corrected chi connectivity index (χ2v) is 1.90. The van der Waals surface area contributed by atoms with Gasteiger partial charge in [-0.1, -0.05) is 0 Å². The second-order valence-electron chi connectivity index (χ2n) is 1.90. The first-order chi connectivity index (χ1) is 5.11. The minimum Gasteiger partial charge on any atom is -0.493 e. The number of aliphatic hydroxyl groups excluding tert-OH is 1. The molecule has 0 aliphatic carbocycles. The highest BCUT2D eigenvalue weighted by Gasteiger charge is 2.17. The minimum absolute atomic E-state index is 0.220. The number of nitrogens with one attached hydrogen (secondary N) is 1. The molecule has 1 aliphatic heterocycles. The molecule has 0 aromatic carbocycles. The molecule has 1 amide bonds. The number of aliphatic imine (C=N–C) groups is 1. The fourth-order valence-corrected chi connectivity index (χ4v) is 0.626. The first kappa shape index (κ1) is 7.52. The zero-order chi connectivity index (χ0) is 8.43. The lowest BCUT2D eigenvalue weighted by atomic mass is 10.4. The van der Waals surface area contributed by atoms with Crippen molar-refractivity contribution in [2.45, 2.75) is 0 Å². The summed E-state index contributed by atoms with van der Waals surface area (Å²) >= 11 is 0. The predicted molar refractivity (Wildman–Crippen MR) is 35.4 cm³/mol. The minimum atomic E-state index is -0.968. The number of rotatable bonds is 1. The number of carbonyl (C=O) groups is 1. The molecule has 60 valence electrons. The summed E-state index contributed by atoms with van der Waals surface area (Å²) in [5.74, 6) is -2.24. The Labute approximate surface area is 61.4 Å². The molecule has 0 atom stereocenters. The van der Waals surface area contributed by atoms with Crippen molar-refractivity contribution >= 4 is 11.9 Å². The monoisotopic (exact) mass is 159 g/mol.